The third kappa shape index (κ3) is 5.46. The Morgan fingerprint density at radius 1 is 0.972 bits per heavy atom. The van der Waals surface area contributed by atoms with Crippen molar-refractivity contribution in [1.82, 2.24) is 20.4 Å². The Labute approximate surface area is 217 Å². The van der Waals surface area contributed by atoms with Crippen molar-refractivity contribution < 1.29 is 18.0 Å². The first-order valence-corrected chi connectivity index (χ1v) is 12.9. The fourth-order valence-electron chi connectivity index (χ4n) is 3.56. The molecule has 0 atom stereocenters. The summed E-state index contributed by atoms with van der Waals surface area (Å²) in [6, 6.07) is 16.4. The number of halogens is 2. The maximum absolute atomic E-state index is 12.9. The molecule has 0 saturated carbocycles. The molecule has 2 amide bonds. The molecule has 1 aromatic heterocycles. The van der Waals surface area contributed by atoms with Gasteiger partial charge in [0, 0.05) is 12.7 Å². The number of carbonyl (C=O) groups is 2. The molecule has 0 aliphatic heterocycles. The number of nitrogens with zero attached hydrogens (tertiary/aromatic N) is 2. The number of carbonyl (C=O) groups excluding carboxylic acids is 2. The number of para-hydroxylation sites is 2. The number of fused-ring (bicyclic) bond motifs is 1. The Morgan fingerprint density at radius 2 is 1.72 bits per heavy atom. The number of aromatic nitrogens is 2. The molecule has 36 heavy (non-hydrogen) atoms. The predicted molar refractivity (Wildman–Crippen MR) is 138 cm³/mol. The molecule has 0 fully saturated rings. The van der Waals surface area contributed by atoms with Crippen molar-refractivity contribution in [3.05, 3.63) is 87.7 Å². The Kier molecular flexibility index (Phi) is 7.21. The number of hydrogen-bond donors (Lipinski definition) is 3. The van der Waals surface area contributed by atoms with E-state index in [1.807, 2.05) is 37.3 Å². The average molecular weight is 546 g/mol. The first-order chi connectivity index (χ1) is 17.0. The summed E-state index contributed by atoms with van der Waals surface area (Å²) in [6.45, 7) is 1.82. The Bertz CT molecular complexity index is 1600. The third-order valence-corrected chi connectivity index (χ3v) is 7.50. The van der Waals surface area contributed by atoms with Gasteiger partial charge in [0.05, 0.1) is 33.1 Å². The van der Waals surface area contributed by atoms with E-state index in [0.717, 1.165) is 28.7 Å². The molecule has 0 radical (unpaired) electrons. The molecule has 12 heteroatoms. The van der Waals surface area contributed by atoms with Gasteiger partial charge in [0.2, 0.25) is 5.91 Å². The van der Waals surface area contributed by atoms with Gasteiger partial charge in [-0.05, 0) is 48.9 Å². The van der Waals surface area contributed by atoms with Crippen molar-refractivity contribution in [2.24, 2.45) is 7.05 Å². The standard InChI is InChI=1S/C24H21Cl2N5O4S/c1-14-6-5-7-15(10-14)30-36(34,35)21-11-16(17(25)12-18(21)26)24(33)29-28-23(32)13-22-27-19-8-3-4-9-20(19)31(22)2/h3-12,30H,13H2,1-2H3,(H,28,32)(H,29,33). The quantitative estimate of drug-likeness (QED) is 0.316. The monoisotopic (exact) mass is 545 g/mol. The van der Waals surface area contributed by atoms with E-state index in [-0.39, 0.29) is 26.9 Å². The minimum absolute atomic E-state index is 0.0865. The molecular weight excluding hydrogens is 525 g/mol. The molecule has 0 bridgehead atoms. The number of nitrogens with one attached hydrogen (secondary N) is 3. The second-order valence-corrected chi connectivity index (χ2v) is 10.5. The van der Waals surface area contributed by atoms with Crippen LogP contribution in [0.3, 0.4) is 0 Å². The Balaban J connectivity index is 1.48. The highest BCUT2D eigenvalue weighted by molar-refractivity contribution is 7.92. The van der Waals surface area contributed by atoms with Gasteiger partial charge in [0.1, 0.15) is 10.7 Å². The number of anilines is 1. The van der Waals surface area contributed by atoms with Crippen LogP contribution in [0.1, 0.15) is 21.7 Å². The first kappa shape index (κ1) is 25.5. The van der Waals surface area contributed by atoms with Crippen LogP contribution in [0.2, 0.25) is 10.0 Å². The second kappa shape index (κ2) is 10.2. The van der Waals surface area contributed by atoms with E-state index in [9.17, 15) is 18.0 Å². The van der Waals surface area contributed by atoms with E-state index in [4.69, 9.17) is 23.2 Å². The van der Waals surface area contributed by atoms with Gasteiger partial charge in [-0.2, -0.15) is 0 Å². The van der Waals surface area contributed by atoms with Crippen molar-refractivity contribution in [3.8, 4) is 0 Å². The molecular formula is C24H21Cl2N5O4S. The van der Waals surface area contributed by atoms with Gasteiger partial charge in [-0.3, -0.25) is 25.2 Å². The lowest BCUT2D eigenvalue weighted by atomic mass is 10.2. The molecule has 0 saturated heterocycles. The zero-order valence-electron chi connectivity index (χ0n) is 19.2. The number of benzene rings is 3. The van der Waals surface area contributed by atoms with E-state index in [1.54, 1.807) is 29.8 Å². The predicted octanol–water partition coefficient (Wildman–Crippen LogP) is 3.99. The normalized spacial score (nSPS) is 11.3. The highest BCUT2D eigenvalue weighted by Gasteiger charge is 2.23. The van der Waals surface area contributed by atoms with Crippen molar-refractivity contribution in [1.29, 1.82) is 0 Å². The van der Waals surface area contributed by atoms with Crippen LogP contribution >= 0.6 is 23.2 Å². The number of hydrazine groups is 1. The van der Waals surface area contributed by atoms with E-state index >= 15 is 0 Å². The maximum Gasteiger partial charge on any atom is 0.271 e. The van der Waals surface area contributed by atoms with Crippen LogP contribution in [-0.4, -0.2) is 29.8 Å². The summed E-state index contributed by atoms with van der Waals surface area (Å²) in [5.74, 6) is -0.842. The molecule has 0 aliphatic carbocycles. The van der Waals surface area contributed by atoms with Gasteiger partial charge in [0.25, 0.3) is 15.9 Å². The highest BCUT2D eigenvalue weighted by Crippen LogP contribution is 2.30. The molecule has 0 spiro atoms. The third-order valence-electron chi connectivity index (χ3n) is 5.34. The van der Waals surface area contributed by atoms with Gasteiger partial charge in [0.15, 0.2) is 0 Å². The van der Waals surface area contributed by atoms with Crippen molar-refractivity contribution in [2.45, 2.75) is 18.2 Å². The summed E-state index contributed by atoms with van der Waals surface area (Å²) in [5.41, 5.74) is 7.16. The fourth-order valence-corrected chi connectivity index (χ4v) is 5.47. The minimum atomic E-state index is -4.14. The molecule has 4 aromatic rings. The topological polar surface area (TPSA) is 122 Å². The summed E-state index contributed by atoms with van der Waals surface area (Å²) >= 11 is 12.3. The van der Waals surface area contributed by atoms with Crippen molar-refractivity contribution >= 4 is 61.8 Å². The number of hydrogen-bond acceptors (Lipinski definition) is 5. The molecule has 0 unspecified atom stereocenters. The van der Waals surface area contributed by atoms with Crippen molar-refractivity contribution in [2.75, 3.05) is 4.72 Å². The summed E-state index contributed by atoms with van der Waals surface area (Å²) in [6.07, 6.45) is -0.0974. The maximum atomic E-state index is 12.9. The first-order valence-electron chi connectivity index (χ1n) is 10.6. The van der Waals surface area contributed by atoms with Gasteiger partial charge in [-0.1, -0.05) is 47.5 Å². The van der Waals surface area contributed by atoms with E-state index in [1.165, 1.54) is 0 Å². The van der Waals surface area contributed by atoms with Crippen LogP contribution in [0, 0.1) is 6.92 Å². The lowest BCUT2D eigenvalue weighted by Crippen LogP contribution is -2.42. The molecule has 3 N–H and O–H groups in total. The Morgan fingerprint density at radius 3 is 2.44 bits per heavy atom. The Hall–Kier alpha value is -3.60. The van der Waals surface area contributed by atoms with Crippen LogP contribution in [-0.2, 0) is 28.3 Å². The molecule has 3 aromatic carbocycles. The van der Waals surface area contributed by atoms with Crippen molar-refractivity contribution in [3.63, 3.8) is 0 Å². The lowest BCUT2D eigenvalue weighted by Gasteiger charge is -2.13. The molecule has 186 valence electrons. The van der Waals surface area contributed by atoms with Gasteiger partial charge < -0.3 is 4.57 Å². The zero-order valence-corrected chi connectivity index (χ0v) is 21.5. The average Bonchev–Trinajstić information content (AvgIpc) is 3.12. The van der Waals surface area contributed by atoms with Gasteiger partial charge in [-0.25, -0.2) is 13.4 Å². The number of aryl methyl sites for hydroxylation is 2. The summed E-state index contributed by atoms with van der Waals surface area (Å²) < 4.78 is 30.1. The summed E-state index contributed by atoms with van der Waals surface area (Å²) in [4.78, 5) is 29.2. The number of rotatable bonds is 6. The SMILES string of the molecule is Cc1cccc(NS(=O)(=O)c2cc(C(=O)NNC(=O)Cc3nc4ccccc4n3C)c(Cl)cc2Cl)c1. The lowest BCUT2D eigenvalue weighted by molar-refractivity contribution is -0.121. The number of amides is 2. The zero-order chi connectivity index (χ0) is 26.0. The van der Waals surface area contributed by atoms with Gasteiger partial charge >= 0.3 is 0 Å². The summed E-state index contributed by atoms with van der Waals surface area (Å²) in [7, 11) is -2.35. The van der Waals surface area contributed by atoms with Crippen LogP contribution in [0.25, 0.3) is 11.0 Å². The van der Waals surface area contributed by atoms with Gasteiger partial charge in [-0.15, -0.1) is 0 Å². The molecule has 1 heterocycles. The minimum Gasteiger partial charge on any atom is -0.331 e. The second-order valence-electron chi connectivity index (χ2n) is 7.99. The van der Waals surface area contributed by atoms with Crippen LogP contribution in [0.4, 0.5) is 5.69 Å². The molecule has 9 nitrogen and oxygen atoms in total. The highest BCUT2D eigenvalue weighted by atomic mass is 35.5. The van der Waals surface area contributed by atoms with E-state index in [0.29, 0.717) is 11.5 Å². The molecule has 0 aliphatic rings. The smallest absolute Gasteiger partial charge is 0.271 e. The van der Waals surface area contributed by atoms with Crippen LogP contribution in [0.5, 0.6) is 0 Å². The van der Waals surface area contributed by atoms with Crippen LogP contribution in [0.15, 0.2) is 65.6 Å². The fraction of sp³-hybridized carbons (Fsp3) is 0.125. The number of imidazole rings is 1. The van der Waals surface area contributed by atoms with Crippen LogP contribution < -0.4 is 15.6 Å². The number of sulfonamides is 1. The van der Waals surface area contributed by atoms with E-state index < -0.39 is 21.8 Å². The largest absolute Gasteiger partial charge is 0.331 e. The van der Waals surface area contributed by atoms with E-state index in [2.05, 4.69) is 20.6 Å². The summed E-state index contributed by atoms with van der Waals surface area (Å²) in [5, 5.41) is -0.251. The molecule has 4 rings (SSSR count).